The van der Waals surface area contributed by atoms with Crippen LogP contribution in [-0.2, 0) is 10.2 Å². The molecule has 1 atom stereocenters. The molecule has 0 bridgehead atoms. The molecular formula is C18H28O3. The van der Waals surface area contributed by atoms with Crippen molar-refractivity contribution in [3.05, 3.63) is 29.3 Å². The smallest absolute Gasteiger partial charge is 0.303 e. The molecule has 0 aliphatic heterocycles. The van der Waals surface area contributed by atoms with Gasteiger partial charge in [0.05, 0.1) is 13.0 Å². The number of benzene rings is 1. The first-order valence-electron chi connectivity index (χ1n) is 7.78. The van der Waals surface area contributed by atoms with E-state index in [1.807, 2.05) is 13.0 Å². The lowest BCUT2D eigenvalue weighted by atomic mass is 9.82. The summed E-state index contributed by atoms with van der Waals surface area (Å²) in [7, 11) is 0. The quantitative estimate of drug-likeness (QED) is 0.789. The Bertz CT molecular complexity index is 472. The SMILES string of the molecule is CCCC(CC(=O)O)c1cc(C(C)(C)C)ccc1OCC. The summed E-state index contributed by atoms with van der Waals surface area (Å²) < 4.78 is 5.72. The number of carboxylic acids is 1. The van der Waals surface area contributed by atoms with Gasteiger partial charge >= 0.3 is 5.97 Å². The highest BCUT2D eigenvalue weighted by atomic mass is 16.5. The van der Waals surface area contributed by atoms with E-state index in [0.29, 0.717) is 6.61 Å². The number of hydrogen-bond acceptors (Lipinski definition) is 2. The van der Waals surface area contributed by atoms with Crippen LogP contribution in [0.3, 0.4) is 0 Å². The molecule has 0 heterocycles. The topological polar surface area (TPSA) is 46.5 Å². The first-order valence-corrected chi connectivity index (χ1v) is 7.78. The van der Waals surface area contributed by atoms with E-state index < -0.39 is 5.97 Å². The van der Waals surface area contributed by atoms with Crippen LogP contribution in [0, 0.1) is 0 Å². The average Bonchev–Trinajstić information content (AvgIpc) is 2.37. The summed E-state index contributed by atoms with van der Waals surface area (Å²) in [6.45, 7) is 11.1. The second kappa shape index (κ2) is 7.48. The van der Waals surface area contributed by atoms with Crippen molar-refractivity contribution < 1.29 is 14.6 Å². The minimum absolute atomic E-state index is 0.0105. The van der Waals surface area contributed by atoms with Gasteiger partial charge in [0.1, 0.15) is 5.75 Å². The number of aliphatic carboxylic acids is 1. The molecule has 1 N–H and O–H groups in total. The van der Waals surface area contributed by atoms with Gasteiger partial charge in [-0.25, -0.2) is 0 Å². The van der Waals surface area contributed by atoms with E-state index in [0.717, 1.165) is 24.2 Å². The molecule has 21 heavy (non-hydrogen) atoms. The molecular weight excluding hydrogens is 264 g/mol. The zero-order valence-corrected chi connectivity index (χ0v) is 13.9. The molecule has 1 unspecified atom stereocenters. The van der Waals surface area contributed by atoms with Crippen LogP contribution in [0.4, 0.5) is 0 Å². The fourth-order valence-corrected chi connectivity index (χ4v) is 2.55. The van der Waals surface area contributed by atoms with Crippen molar-refractivity contribution in [2.75, 3.05) is 6.61 Å². The van der Waals surface area contributed by atoms with Crippen LogP contribution < -0.4 is 4.74 Å². The predicted molar refractivity (Wildman–Crippen MR) is 86.2 cm³/mol. The van der Waals surface area contributed by atoms with Crippen LogP contribution >= 0.6 is 0 Å². The van der Waals surface area contributed by atoms with Crippen LogP contribution in [0.1, 0.15) is 70.9 Å². The molecule has 3 heteroatoms. The standard InChI is InChI=1S/C18H28O3/c1-6-8-13(11-17(19)20)15-12-14(18(3,4)5)9-10-16(15)21-7-2/h9-10,12-13H,6-8,11H2,1-5H3,(H,19,20). The Morgan fingerprint density at radius 2 is 1.95 bits per heavy atom. The van der Waals surface area contributed by atoms with E-state index in [2.05, 4.69) is 39.8 Å². The average molecular weight is 292 g/mol. The van der Waals surface area contributed by atoms with Crippen LogP contribution in [0.2, 0.25) is 0 Å². The molecule has 0 aromatic heterocycles. The molecule has 1 rings (SSSR count). The highest BCUT2D eigenvalue weighted by Crippen LogP contribution is 2.36. The van der Waals surface area contributed by atoms with Gasteiger partial charge in [0.2, 0.25) is 0 Å². The molecule has 1 aromatic carbocycles. The first-order chi connectivity index (χ1) is 9.79. The normalized spacial score (nSPS) is 13.0. The number of ether oxygens (including phenoxy) is 1. The Labute approximate surface area is 128 Å². The minimum Gasteiger partial charge on any atom is -0.494 e. The van der Waals surface area contributed by atoms with Crippen molar-refractivity contribution in [3.63, 3.8) is 0 Å². The summed E-state index contributed by atoms with van der Waals surface area (Å²) in [5.41, 5.74) is 2.29. The van der Waals surface area contributed by atoms with Crippen molar-refractivity contribution in [1.82, 2.24) is 0 Å². The fraction of sp³-hybridized carbons (Fsp3) is 0.611. The van der Waals surface area contributed by atoms with Gasteiger partial charge in [-0.3, -0.25) is 4.79 Å². The number of hydrogen-bond donors (Lipinski definition) is 1. The molecule has 0 saturated carbocycles. The monoisotopic (exact) mass is 292 g/mol. The maximum atomic E-state index is 11.2. The molecule has 0 spiro atoms. The van der Waals surface area contributed by atoms with Crippen molar-refractivity contribution >= 4 is 5.97 Å². The van der Waals surface area contributed by atoms with Crippen LogP contribution in [0.25, 0.3) is 0 Å². The van der Waals surface area contributed by atoms with Gasteiger partial charge in [-0.2, -0.15) is 0 Å². The summed E-state index contributed by atoms with van der Waals surface area (Å²) in [5, 5.41) is 9.18. The third-order valence-electron chi connectivity index (χ3n) is 3.67. The highest BCUT2D eigenvalue weighted by molar-refractivity contribution is 5.68. The number of carboxylic acid groups (broad SMARTS) is 1. The Hall–Kier alpha value is -1.51. The van der Waals surface area contributed by atoms with Crippen molar-refractivity contribution in [2.24, 2.45) is 0 Å². The Balaban J connectivity index is 3.27. The third kappa shape index (κ3) is 5.07. The van der Waals surface area contributed by atoms with Gasteiger partial charge in [-0.1, -0.05) is 46.2 Å². The number of rotatable bonds is 7. The van der Waals surface area contributed by atoms with Crippen molar-refractivity contribution in [1.29, 1.82) is 0 Å². The van der Waals surface area contributed by atoms with Gasteiger partial charge in [-0.05, 0) is 41.9 Å². The van der Waals surface area contributed by atoms with Gasteiger partial charge in [0, 0.05) is 0 Å². The van der Waals surface area contributed by atoms with Crippen LogP contribution in [0.15, 0.2) is 18.2 Å². The molecule has 0 amide bonds. The lowest BCUT2D eigenvalue weighted by molar-refractivity contribution is -0.137. The van der Waals surface area contributed by atoms with Crippen LogP contribution in [-0.4, -0.2) is 17.7 Å². The van der Waals surface area contributed by atoms with E-state index in [1.165, 1.54) is 5.56 Å². The first kappa shape index (κ1) is 17.5. The molecule has 0 fully saturated rings. The molecule has 0 aliphatic rings. The Morgan fingerprint density at radius 3 is 2.43 bits per heavy atom. The minimum atomic E-state index is -0.753. The van der Waals surface area contributed by atoms with Gasteiger partial charge in [-0.15, -0.1) is 0 Å². The van der Waals surface area contributed by atoms with Crippen LogP contribution in [0.5, 0.6) is 5.75 Å². The molecule has 0 aliphatic carbocycles. The van der Waals surface area contributed by atoms with Gasteiger partial charge in [0.15, 0.2) is 0 Å². The summed E-state index contributed by atoms with van der Waals surface area (Å²) in [5.74, 6) is 0.0820. The summed E-state index contributed by atoms with van der Waals surface area (Å²) in [6.07, 6.45) is 1.98. The summed E-state index contributed by atoms with van der Waals surface area (Å²) in [6, 6.07) is 6.20. The third-order valence-corrected chi connectivity index (χ3v) is 3.67. The predicted octanol–water partition coefficient (Wildman–Crippen LogP) is 4.74. The van der Waals surface area contributed by atoms with E-state index in [-0.39, 0.29) is 17.8 Å². The van der Waals surface area contributed by atoms with Gasteiger partial charge < -0.3 is 9.84 Å². The lowest BCUT2D eigenvalue weighted by Gasteiger charge is -2.24. The van der Waals surface area contributed by atoms with E-state index in [4.69, 9.17) is 4.74 Å². The molecule has 0 radical (unpaired) electrons. The zero-order valence-electron chi connectivity index (χ0n) is 13.9. The molecule has 1 aromatic rings. The lowest BCUT2D eigenvalue weighted by Crippen LogP contribution is -2.14. The van der Waals surface area contributed by atoms with E-state index >= 15 is 0 Å². The van der Waals surface area contributed by atoms with Crippen molar-refractivity contribution in [2.45, 2.75) is 65.2 Å². The zero-order chi connectivity index (χ0) is 16.0. The number of carbonyl (C=O) groups is 1. The Kier molecular flexibility index (Phi) is 6.25. The summed E-state index contributed by atoms with van der Waals surface area (Å²) >= 11 is 0. The Morgan fingerprint density at radius 1 is 1.29 bits per heavy atom. The van der Waals surface area contributed by atoms with E-state index in [1.54, 1.807) is 0 Å². The van der Waals surface area contributed by atoms with Crippen molar-refractivity contribution in [3.8, 4) is 5.75 Å². The second-order valence-corrected chi connectivity index (χ2v) is 6.52. The van der Waals surface area contributed by atoms with Gasteiger partial charge in [0.25, 0.3) is 0 Å². The highest BCUT2D eigenvalue weighted by Gasteiger charge is 2.22. The fourth-order valence-electron chi connectivity index (χ4n) is 2.55. The summed E-state index contributed by atoms with van der Waals surface area (Å²) in [4.78, 5) is 11.2. The largest absolute Gasteiger partial charge is 0.494 e. The molecule has 3 nitrogen and oxygen atoms in total. The second-order valence-electron chi connectivity index (χ2n) is 6.52. The molecule has 0 saturated heterocycles. The maximum Gasteiger partial charge on any atom is 0.303 e. The molecule has 118 valence electrons. The maximum absolute atomic E-state index is 11.2. The van der Waals surface area contributed by atoms with E-state index in [9.17, 15) is 9.90 Å².